The van der Waals surface area contributed by atoms with Gasteiger partial charge in [-0.15, -0.1) is 0 Å². The highest BCUT2D eigenvalue weighted by Crippen LogP contribution is 2.27. The van der Waals surface area contributed by atoms with Gasteiger partial charge in [-0.3, -0.25) is 9.69 Å². The maximum absolute atomic E-state index is 11.4. The quantitative estimate of drug-likeness (QED) is 0.754. The van der Waals surface area contributed by atoms with Crippen molar-refractivity contribution in [2.75, 3.05) is 20.2 Å². The van der Waals surface area contributed by atoms with Crippen molar-refractivity contribution in [3.8, 4) is 0 Å². The maximum atomic E-state index is 11.4. The molecule has 1 aromatic rings. The molecule has 3 nitrogen and oxygen atoms in total. The average molecular weight is 314 g/mol. The van der Waals surface area contributed by atoms with E-state index in [-0.39, 0.29) is 12.0 Å². The third kappa shape index (κ3) is 4.10. The Balaban J connectivity index is 2.85. The maximum Gasteiger partial charge on any atom is 0.319 e. The summed E-state index contributed by atoms with van der Waals surface area (Å²) in [7, 11) is 1.43. The molecule has 0 N–H and O–H groups in total. The molecule has 0 aliphatic rings. The molecular weight excluding hydrogens is 294 g/mol. The third-order valence-corrected chi connectivity index (χ3v) is 3.70. The molecule has 1 aromatic carbocycles. The molecule has 0 heterocycles. The zero-order valence-corrected chi connectivity index (χ0v) is 12.7. The average Bonchev–Trinajstić information content (AvgIpc) is 2.38. The van der Waals surface area contributed by atoms with E-state index >= 15 is 0 Å². The van der Waals surface area contributed by atoms with Crippen molar-refractivity contribution in [1.29, 1.82) is 0 Å². The van der Waals surface area contributed by atoms with E-state index in [1.54, 1.807) is 0 Å². The van der Waals surface area contributed by atoms with Crippen LogP contribution in [0.25, 0.3) is 0 Å². The largest absolute Gasteiger partial charge is 0.468 e. The summed E-state index contributed by atoms with van der Waals surface area (Å²) in [6, 6.07) is 8.28. The first kappa shape index (κ1) is 15.2. The lowest BCUT2D eigenvalue weighted by Gasteiger charge is -2.28. The minimum Gasteiger partial charge on any atom is -0.468 e. The van der Waals surface area contributed by atoms with E-state index in [0.717, 1.165) is 17.4 Å². The molecule has 1 rings (SSSR count). The van der Waals surface area contributed by atoms with Crippen molar-refractivity contribution in [2.45, 2.75) is 26.3 Å². The molecule has 4 heteroatoms. The van der Waals surface area contributed by atoms with Crippen LogP contribution in [-0.4, -0.2) is 31.1 Å². The normalized spacial score (nSPS) is 12.5. The van der Waals surface area contributed by atoms with Gasteiger partial charge in [-0.2, -0.15) is 0 Å². The van der Waals surface area contributed by atoms with Crippen molar-refractivity contribution in [3.63, 3.8) is 0 Å². The van der Waals surface area contributed by atoms with Crippen molar-refractivity contribution in [2.24, 2.45) is 0 Å². The number of hydrogen-bond acceptors (Lipinski definition) is 3. The van der Waals surface area contributed by atoms with Crippen LogP contribution in [0.3, 0.4) is 0 Å². The molecule has 100 valence electrons. The first-order valence-corrected chi connectivity index (χ1v) is 6.94. The topological polar surface area (TPSA) is 29.5 Å². The van der Waals surface area contributed by atoms with Gasteiger partial charge in [-0.25, -0.2) is 0 Å². The summed E-state index contributed by atoms with van der Waals surface area (Å²) in [5, 5.41) is 0. The number of ether oxygens (including phenoxy) is 1. The number of carbonyl (C=O) groups is 1. The fraction of sp³-hybridized carbons (Fsp3) is 0.500. The van der Waals surface area contributed by atoms with Crippen LogP contribution < -0.4 is 0 Å². The van der Waals surface area contributed by atoms with Crippen LogP contribution in [-0.2, 0) is 9.53 Å². The minimum atomic E-state index is -0.192. The second kappa shape index (κ2) is 7.54. The zero-order valence-electron chi connectivity index (χ0n) is 11.1. The standard InChI is InChI=1S/C14H20BrNO2/c1-4-9-16(10-14(17)18-3)11(2)12-7-5-6-8-13(12)15/h5-8,11H,4,9-10H2,1-3H3. The SMILES string of the molecule is CCCN(CC(=O)OC)C(C)c1ccccc1Br. The van der Waals surface area contributed by atoms with Crippen LogP contribution in [0.1, 0.15) is 31.9 Å². The molecule has 0 aliphatic heterocycles. The van der Waals surface area contributed by atoms with Gasteiger partial charge < -0.3 is 4.74 Å². The Morgan fingerprint density at radius 3 is 2.67 bits per heavy atom. The number of halogens is 1. The molecule has 0 spiro atoms. The smallest absolute Gasteiger partial charge is 0.319 e. The molecule has 0 aliphatic carbocycles. The number of methoxy groups -OCH3 is 1. The molecule has 0 bridgehead atoms. The number of carbonyl (C=O) groups excluding carboxylic acids is 1. The van der Waals surface area contributed by atoms with E-state index < -0.39 is 0 Å². The van der Waals surface area contributed by atoms with E-state index in [1.165, 1.54) is 12.7 Å². The van der Waals surface area contributed by atoms with Gasteiger partial charge in [-0.05, 0) is 31.5 Å². The minimum absolute atomic E-state index is 0.180. The van der Waals surface area contributed by atoms with Gasteiger partial charge in [0.2, 0.25) is 0 Å². The van der Waals surface area contributed by atoms with Gasteiger partial charge in [0.05, 0.1) is 13.7 Å². The van der Waals surface area contributed by atoms with Crippen molar-refractivity contribution in [3.05, 3.63) is 34.3 Å². The first-order chi connectivity index (χ1) is 8.60. The summed E-state index contributed by atoms with van der Waals surface area (Å²) < 4.78 is 5.82. The molecule has 0 saturated heterocycles. The van der Waals surface area contributed by atoms with Crippen molar-refractivity contribution in [1.82, 2.24) is 4.90 Å². The molecular formula is C14H20BrNO2. The second-order valence-corrected chi connectivity index (χ2v) is 5.10. The summed E-state index contributed by atoms with van der Waals surface area (Å²) in [5.41, 5.74) is 1.19. The van der Waals surface area contributed by atoms with Crippen LogP contribution in [0.4, 0.5) is 0 Å². The van der Waals surface area contributed by atoms with Crippen LogP contribution in [0.5, 0.6) is 0 Å². The van der Waals surface area contributed by atoms with Gasteiger partial charge in [0.15, 0.2) is 0 Å². The van der Waals surface area contributed by atoms with Crippen molar-refractivity contribution < 1.29 is 9.53 Å². The number of esters is 1. The lowest BCUT2D eigenvalue weighted by Crippen LogP contribution is -2.33. The van der Waals surface area contributed by atoms with Crippen molar-refractivity contribution >= 4 is 21.9 Å². The van der Waals surface area contributed by atoms with Crippen LogP contribution in [0.2, 0.25) is 0 Å². The van der Waals surface area contributed by atoms with E-state index in [2.05, 4.69) is 40.7 Å². The summed E-state index contributed by atoms with van der Waals surface area (Å²) in [5.74, 6) is -0.192. The Labute approximate surface area is 117 Å². The van der Waals surface area contributed by atoms with E-state index in [9.17, 15) is 4.79 Å². The molecule has 1 atom stereocenters. The summed E-state index contributed by atoms with van der Waals surface area (Å²) in [6.45, 7) is 5.42. The molecule has 0 fully saturated rings. The number of hydrogen-bond donors (Lipinski definition) is 0. The zero-order chi connectivity index (χ0) is 13.5. The Bertz CT molecular complexity index is 395. The summed E-state index contributed by atoms with van der Waals surface area (Å²) in [6.07, 6.45) is 1.01. The van der Waals surface area contributed by atoms with Crippen LogP contribution in [0, 0.1) is 0 Å². The fourth-order valence-corrected chi connectivity index (χ4v) is 2.55. The van der Waals surface area contributed by atoms with Gasteiger partial charge in [-0.1, -0.05) is 41.1 Å². The molecule has 0 saturated carbocycles. The highest BCUT2D eigenvalue weighted by molar-refractivity contribution is 9.10. The number of rotatable bonds is 6. The molecule has 18 heavy (non-hydrogen) atoms. The van der Waals surface area contributed by atoms with Gasteiger partial charge >= 0.3 is 5.97 Å². The Morgan fingerprint density at radius 2 is 2.11 bits per heavy atom. The third-order valence-electron chi connectivity index (χ3n) is 2.97. The molecule has 1 unspecified atom stereocenters. The summed E-state index contributed by atoms with van der Waals surface area (Å²) >= 11 is 3.56. The van der Waals surface area contributed by atoms with Gasteiger partial charge in [0.1, 0.15) is 0 Å². The fourth-order valence-electron chi connectivity index (χ4n) is 1.94. The second-order valence-electron chi connectivity index (χ2n) is 4.24. The van der Waals surface area contributed by atoms with E-state index in [4.69, 9.17) is 4.74 Å². The lowest BCUT2D eigenvalue weighted by molar-refractivity contribution is -0.142. The van der Waals surface area contributed by atoms with Gasteiger partial charge in [0, 0.05) is 10.5 Å². The van der Waals surface area contributed by atoms with Crippen LogP contribution >= 0.6 is 15.9 Å². The van der Waals surface area contributed by atoms with Gasteiger partial charge in [0.25, 0.3) is 0 Å². The lowest BCUT2D eigenvalue weighted by atomic mass is 10.1. The van der Waals surface area contributed by atoms with E-state index in [1.807, 2.05) is 18.2 Å². The molecule has 0 amide bonds. The van der Waals surface area contributed by atoms with Crippen LogP contribution in [0.15, 0.2) is 28.7 Å². The predicted octanol–water partition coefficient (Wildman–Crippen LogP) is 3.40. The Morgan fingerprint density at radius 1 is 1.44 bits per heavy atom. The number of benzene rings is 1. The van der Waals surface area contributed by atoms with E-state index in [0.29, 0.717) is 6.54 Å². The monoisotopic (exact) mass is 313 g/mol. The Kier molecular flexibility index (Phi) is 6.36. The predicted molar refractivity (Wildman–Crippen MR) is 76.4 cm³/mol. The highest BCUT2D eigenvalue weighted by Gasteiger charge is 2.19. The summed E-state index contributed by atoms with van der Waals surface area (Å²) in [4.78, 5) is 13.6. The highest BCUT2D eigenvalue weighted by atomic mass is 79.9. The number of nitrogens with zero attached hydrogens (tertiary/aromatic N) is 1. The first-order valence-electron chi connectivity index (χ1n) is 6.15. The Hall–Kier alpha value is -0.870. The molecule has 0 aromatic heterocycles. The molecule has 0 radical (unpaired) electrons.